The summed E-state index contributed by atoms with van der Waals surface area (Å²) in [7, 11) is -4.19. The molecule has 2 N–H and O–H groups in total. The van der Waals surface area contributed by atoms with E-state index < -0.39 is 25.1 Å². The molecule has 0 saturated heterocycles. The molecule has 4 aromatic rings. The molecule has 0 unspecified atom stereocenters. The van der Waals surface area contributed by atoms with Gasteiger partial charge in [0.15, 0.2) is 0 Å². The van der Waals surface area contributed by atoms with E-state index in [2.05, 4.69) is 5.32 Å². The van der Waals surface area contributed by atoms with Crippen molar-refractivity contribution >= 4 is 87.5 Å². The van der Waals surface area contributed by atoms with E-state index in [1.165, 1.54) is 0 Å². The Balaban J connectivity index is 1.25. The van der Waals surface area contributed by atoms with Crippen LogP contribution in [0, 0.1) is 0 Å². The van der Waals surface area contributed by atoms with Gasteiger partial charge < -0.3 is 19.4 Å². The van der Waals surface area contributed by atoms with Crippen LogP contribution in [0.15, 0.2) is 60.7 Å². The van der Waals surface area contributed by atoms with E-state index in [9.17, 15) is 24.1 Å². The lowest BCUT2D eigenvalue weighted by Crippen LogP contribution is -2.32. The van der Waals surface area contributed by atoms with Gasteiger partial charge in [0.2, 0.25) is 11.8 Å². The molecule has 2 atom stereocenters. The van der Waals surface area contributed by atoms with E-state index in [0.717, 1.165) is 27.3 Å². The van der Waals surface area contributed by atoms with Crippen LogP contribution in [0.25, 0.3) is 21.5 Å². The van der Waals surface area contributed by atoms with Crippen molar-refractivity contribution < 1.29 is 37.6 Å². The lowest BCUT2D eigenvalue weighted by molar-refractivity contribution is -0.119. The molecule has 0 fully saturated rings. The van der Waals surface area contributed by atoms with Crippen LogP contribution < -0.4 is 19.6 Å². The van der Waals surface area contributed by atoms with Gasteiger partial charge in [0.05, 0.1) is 22.6 Å². The maximum Gasteiger partial charge on any atom is 0.531 e. The molecule has 0 aliphatic carbocycles. The minimum atomic E-state index is -4.19. The molecule has 6 rings (SSSR count). The number of alkyl halides is 2. The number of hydrogen-bond acceptors (Lipinski definition) is 7. The topological polar surface area (TPSA) is 135 Å². The fourth-order valence-corrected chi connectivity index (χ4v) is 9.73. The zero-order valence-corrected chi connectivity index (χ0v) is 33.7. The number of carbonyl (C=O) groups is 3. The molecule has 3 amide bonds. The molecule has 0 bridgehead atoms. The van der Waals surface area contributed by atoms with Gasteiger partial charge in [-0.2, -0.15) is 0 Å². The standard InChI is InChI=1S/C40H46Cl2N3O8P/c1-39(2,3)52-54(50,53-40(4,5)6)51-33-19-32-37(29-15-10-8-13-27(29)33)25(21-42)23-45(32)35(47)17-11-16-34(46)44-22-24(20-41)36-28-14-9-7-12-26(28)30(18-31(36)44)43-38(48)49/h7-10,12-15,18-19,24-25,43H,11,16-17,20-23H2,1-6H3,(H,48,49)/t24-,25-/m1/s1. The third-order valence-electron chi connectivity index (χ3n) is 9.27. The van der Waals surface area contributed by atoms with Gasteiger partial charge in [-0.3, -0.25) is 24.0 Å². The number of carboxylic acid groups (broad SMARTS) is 1. The number of amides is 3. The van der Waals surface area contributed by atoms with Crippen molar-refractivity contribution in [2.24, 2.45) is 0 Å². The van der Waals surface area contributed by atoms with Gasteiger partial charge in [-0.25, -0.2) is 9.36 Å². The summed E-state index contributed by atoms with van der Waals surface area (Å²) in [6, 6.07) is 18.4. The predicted molar refractivity (Wildman–Crippen MR) is 215 cm³/mol. The van der Waals surface area contributed by atoms with Gasteiger partial charge in [-0.15, -0.1) is 23.2 Å². The molecule has 0 spiro atoms. The maximum absolute atomic E-state index is 14.2. The molecular weight excluding hydrogens is 752 g/mol. The average molecular weight is 799 g/mol. The summed E-state index contributed by atoms with van der Waals surface area (Å²) >= 11 is 12.9. The smallest absolute Gasteiger partial charge is 0.465 e. The van der Waals surface area contributed by atoms with Gasteiger partial charge in [0, 0.05) is 72.1 Å². The van der Waals surface area contributed by atoms with Crippen molar-refractivity contribution in [2.45, 2.75) is 83.8 Å². The highest BCUT2D eigenvalue weighted by Gasteiger charge is 2.41. The highest BCUT2D eigenvalue weighted by molar-refractivity contribution is 7.49. The number of rotatable bonds is 11. The lowest BCUT2D eigenvalue weighted by atomic mass is 9.95. The Morgan fingerprint density at radius 2 is 1.20 bits per heavy atom. The van der Waals surface area contributed by atoms with Crippen LogP contribution in [0.1, 0.15) is 83.8 Å². The molecule has 0 saturated carbocycles. The number of halogens is 2. The van der Waals surface area contributed by atoms with Gasteiger partial charge in [-0.05, 0) is 75.9 Å². The number of anilines is 3. The second-order valence-corrected chi connectivity index (χ2v) is 17.8. The van der Waals surface area contributed by atoms with Gasteiger partial charge in [-0.1, -0.05) is 48.5 Å². The van der Waals surface area contributed by atoms with Gasteiger partial charge >= 0.3 is 13.9 Å². The molecule has 2 aliphatic rings. The zero-order chi connectivity index (χ0) is 39.2. The van der Waals surface area contributed by atoms with Crippen molar-refractivity contribution in [1.29, 1.82) is 0 Å². The molecule has 14 heteroatoms. The molecule has 2 aliphatic heterocycles. The third-order valence-corrected chi connectivity index (χ3v) is 12.0. The van der Waals surface area contributed by atoms with E-state index in [0.29, 0.717) is 35.5 Å². The first-order valence-electron chi connectivity index (χ1n) is 18.0. The number of nitrogens with zero attached hydrogens (tertiary/aromatic N) is 2. The van der Waals surface area contributed by atoms with E-state index in [1.54, 1.807) is 63.5 Å². The summed E-state index contributed by atoms with van der Waals surface area (Å²) in [6.45, 7) is 11.3. The number of benzene rings is 4. The van der Waals surface area contributed by atoms with Crippen molar-refractivity contribution in [1.82, 2.24) is 0 Å². The second-order valence-electron chi connectivity index (χ2n) is 15.7. The minimum Gasteiger partial charge on any atom is -0.465 e. The average Bonchev–Trinajstić information content (AvgIpc) is 3.65. The van der Waals surface area contributed by atoms with Crippen LogP contribution in [0.5, 0.6) is 5.75 Å². The molecule has 4 aromatic carbocycles. The number of phosphoric ester groups is 1. The van der Waals surface area contributed by atoms with E-state index >= 15 is 0 Å². The van der Waals surface area contributed by atoms with Crippen LogP contribution in [0.4, 0.5) is 21.9 Å². The van der Waals surface area contributed by atoms with Gasteiger partial charge in [0.1, 0.15) is 5.75 Å². The summed E-state index contributed by atoms with van der Waals surface area (Å²) in [6.07, 6.45) is -0.783. The van der Waals surface area contributed by atoms with Crippen LogP contribution in [0.2, 0.25) is 0 Å². The summed E-state index contributed by atoms with van der Waals surface area (Å²) in [5.74, 6) is 0.0837. The number of hydrogen-bond donors (Lipinski definition) is 2. The van der Waals surface area contributed by atoms with Crippen molar-refractivity contribution in [3.8, 4) is 5.75 Å². The Morgan fingerprint density at radius 3 is 1.67 bits per heavy atom. The number of fused-ring (bicyclic) bond motifs is 6. The summed E-state index contributed by atoms with van der Waals surface area (Å²) < 4.78 is 32.3. The molecule has 54 heavy (non-hydrogen) atoms. The molecule has 288 valence electrons. The van der Waals surface area contributed by atoms with Crippen molar-refractivity contribution in [3.05, 3.63) is 71.8 Å². The second kappa shape index (κ2) is 15.3. The molecule has 0 radical (unpaired) electrons. The predicted octanol–water partition coefficient (Wildman–Crippen LogP) is 10.4. The Bertz CT molecular complexity index is 2150. The normalized spacial score (nSPS) is 17.2. The van der Waals surface area contributed by atoms with E-state index in [1.807, 2.05) is 48.5 Å². The fourth-order valence-electron chi connectivity index (χ4n) is 7.38. The molecule has 11 nitrogen and oxygen atoms in total. The summed E-state index contributed by atoms with van der Waals surface area (Å²) in [5.41, 5.74) is 1.65. The van der Waals surface area contributed by atoms with Crippen LogP contribution in [-0.4, -0.2) is 59.1 Å². The number of phosphoric acid groups is 1. The van der Waals surface area contributed by atoms with Crippen molar-refractivity contribution in [3.63, 3.8) is 0 Å². The maximum atomic E-state index is 14.2. The number of nitrogens with one attached hydrogen (secondary N) is 1. The molecular formula is C40H46Cl2N3O8P. The highest BCUT2D eigenvalue weighted by Crippen LogP contribution is 2.57. The Hall–Kier alpha value is -3.86. The first kappa shape index (κ1) is 39.8. The Labute approximate surface area is 325 Å². The molecule has 0 aromatic heterocycles. The first-order valence-corrected chi connectivity index (χ1v) is 20.5. The fraction of sp³-hybridized carbons (Fsp3) is 0.425. The quantitative estimate of drug-likeness (QED) is 0.113. The monoisotopic (exact) mass is 797 g/mol. The van der Waals surface area contributed by atoms with E-state index in [-0.39, 0.29) is 60.4 Å². The van der Waals surface area contributed by atoms with Crippen LogP contribution in [0.3, 0.4) is 0 Å². The number of carbonyl (C=O) groups excluding carboxylic acids is 2. The summed E-state index contributed by atoms with van der Waals surface area (Å²) in [5, 5.41) is 15.0. The largest absolute Gasteiger partial charge is 0.531 e. The first-order chi connectivity index (χ1) is 25.4. The third kappa shape index (κ3) is 8.36. The van der Waals surface area contributed by atoms with Gasteiger partial charge in [0.25, 0.3) is 0 Å². The Kier molecular flexibility index (Phi) is 11.3. The molecule has 2 heterocycles. The van der Waals surface area contributed by atoms with Crippen LogP contribution in [-0.2, 0) is 23.2 Å². The lowest BCUT2D eigenvalue weighted by Gasteiger charge is -2.31. The zero-order valence-electron chi connectivity index (χ0n) is 31.3. The Morgan fingerprint density at radius 1 is 0.759 bits per heavy atom. The minimum absolute atomic E-state index is 0.0745. The summed E-state index contributed by atoms with van der Waals surface area (Å²) in [4.78, 5) is 42.7. The van der Waals surface area contributed by atoms with Crippen molar-refractivity contribution in [2.75, 3.05) is 40.0 Å². The van der Waals surface area contributed by atoms with Crippen LogP contribution >= 0.6 is 31.0 Å². The SMILES string of the molecule is CC(C)(C)OP(=O)(Oc1cc2c(c3ccccc13)[C@H](CCl)CN2C(=O)CCCC(=O)N1C[C@@H](CCl)c2c1cc(NC(=O)O)c1ccccc21)OC(C)(C)C. The highest BCUT2D eigenvalue weighted by atomic mass is 35.5. The van der Waals surface area contributed by atoms with E-state index in [4.69, 9.17) is 36.8 Å².